The summed E-state index contributed by atoms with van der Waals surface area (Å²) >= 11 is 0. The van der Waals surface area contributed by atoms with Crippen LogP contribution in [0.25, 0.3) is 0 Å². The third kappa shape index (κ3) is 3.88. The van der Waals surface area contributed by atoms with Crippen molar-refractivity contribution >= 4 is 5.97 Å². The largest absolute Gasteiger partial charge is 0.490 e. The fraction of sp³-hybridized carbons (Fsp3) is 0.417. The molecule has 0 aliphatic carbocycles. The van der Waals surface area contributed by atoms with Crippen molar-refractivity contribution in [3.63, 3.8) is 0 Å². The molecule has 0 bridgehead atoms. The van der Waals surface area contributed by atoms with E-state index in [1.807, 2.05) is 13.8 Å². The second kappa shape index (κ2) is 5.49. The minimum atomic E-state index is -0.977. The Balaban J connectivity index is 2.71. The first-order valence-corrected chi connectivity index (χ1v) is 5.12. The standard InChI is InChI=1S/C12H15FO3/c1-8(2)7-16-11-4-3-9(5-10(11)13)6-12(14)15/h3-5,8H,6-7H2,1-2H3,(H,14,15). The first-order valence-electron chi connectivity index (χ1n) is 5.12. The van der Waals surface area contributed by atoms with E-state index in [9.17, 15) is 9.18 Å². The number of ether oxygens (including phenoxy) is 1. The van der Waals surface area contributed by atoms with E-state index in [2.05, 4.69) is 0 Å². The van der Waals surface area contributed by atoms with E-state index in [0.717, 1.165) is 0 Å². The monoisotopic (exact) mass is 226 g/mol. The minimum absolute atomic E-state index is 0.169. The van der Waals surface area contributed by atoms with Crippen LogP contribution in [0, 0.1) is 11.7 Å². The molecule has 4 heteroatoms. The van der Waals surface area contributed by atoms with Crippen LogP contribution in [0.3, 0.4) is 0 Å². The molecule has 0 unspecified atom stereocenters. The van der Waals surface area contributed by atoms with Crippen LogP contribution in [0.15, 0.2) is 18.2 Å². The van der Waals surface area contributed by atoms with Crippen LogP contribution in [0.5, 0.6) is 5.75 Å². The molecule has 0 saturated carbocycles. The molecule has 0 spiro atoms. The smallest absolute Gasteiger partial charge is 0.307 e. The number of carboxylic acids is 1. The lowest BCUT2D eigenvalue weighted by Gasteiger charge is -2.09. The second-order valence-corrected chi connectivity index (χ2v) is 4.04. The van der Waals surface area contributed by atoms with Crippen LogP contribution in [0.2, 0.25) is 0 Å². The van der Waals surface area contributed by atoms with Crippen molar-refractivity contribution in [1.29, 1.82) is 0 Å². The Hall–Kier alpha value is -1.58. The molecule has 0 fully saturated rings. The van der Waals surface area contributed by atoms with E-state index in [4.69, 9.17) is 9.84 Å². The van der Waals surface area contributed by atoms with Gasteiger partial charge in [0, 0.05) is 0 Å². The molecule has 16 heavy (non-hydrogen) atoms. The highest BCUT2D eigenvalue weighted by molar-refractivity contribution is 5.70. The van der Waals surface area contributed by atoms with Crippen molar-refractivity contribution in [2.75, 3.05) is 6.61 Å². The predicted molar refractivity (Wildman–Crippen MR) is 58.1 cm³/mol. The zero-order valence-corrected chi connectivity index (χ0v) is 9.37. The van der Waals surface area contributed by atoms with E-state index < -0.39 is 11.8 Å². The summed E-state index contributed by atoms with van der Waals surface area (Å²) in [6.45, 7) is 4.38. The highest BCUT2D eigenvalue weighted by Crippen LogP contribution is 2.19. The molecule has 1 N–H and O–H groups in total. The number of hydrogen-bond donors (Lipinski definition) is 1. The van der Waals surface area contributed by atoms with Gasteiger partial charge in [-0.15, -0.1) is 0 Å². The van der Waals surface area contributed by atoms with E-state index in [0.29, 0.717) is 18.1 Å². The Bertz CT molecular complexity index is 375. The summed E-state index contributed by atoms with van der Waals surface area (Å²) in [5.41, 5.74) is 0.432. The summed E-state index contributed by atoms with van der Waals surface area (Å²) in [5, 5.41) is 8.55. The van der Waals surface area contributed by atoms with Crippen molar-refractivity contribution in [1.82, 2.24) is 0 Å². The molecule has 0 aliphatic rings. The molecule has 0 radical (unpaired) electrons. The summed E-state index contributed by atoms with van der Waals surface area (Å²) in [4.78, 5) is 10.4. The number of benzene rings is 1. The molecule has 0 heterocycles. The topological polar surface area (TPSA) is 46.5 Å². The summed E-state index contributed by atoms with van der Waals surface area (Å²) in [5.74, 6) is -1.00. The van der Waals surface area contributed by atoms with Crippen LogP contribution >= 0.6 is 0 Å². The van der Waals surface area contributed by atoms with Crippen molar-refractivity contribution in [2.24, 2.45) is 5.92 Å². The van der Waals surface area contributed by atoms with Gasteiger partial charge >= 0.3 is 5.97 Å². The van der Waals surface area contributed by atoms with Gasteiger partial charge < -0.3 is 9.84 Å². The average molecular weight is 226 g/mol. The van der Waals surface area contributed by atoms with Gasteiger partial charge in [0.15, 0.2) is 11.6 Å². The Labute approximate surface area is 93.9 Å². The summed E-state index contributed by atoms with van der Waals surface area (Å²) in [6, 6.07) is 4.23. The Morgan fingerprint density at radius 1 is 1.50 bits per heavy atom. The normalized spacial score (nSPS) is 10.5. The molecular weight excluding hydrogens is 211 g/mol. The molecule has 3 nitrogen and oxygen atoms in total. The van der Waals surface area contributed by atoms with Gasteiger partial charge in [-0.05, 0) is 23.6 Å². The van der Waals surface area contributed by atoms with Gasteiger partial charge in [-0.3, -0.25) is 4.79 Å². The van der Waals surface area contributed by atoms with Gasteiger partial charge in [-0.2, -0.15) is 0 Å². The molecule has 1 rings (SSSR count). The van der Waals surface area contributed by atoms with E-state index in [1.54, 1.807) is 6.07 Å². The SMILES string of the molecule is CC(C)COc1ccc(CC(=O)O)cc1F. The molecule has 0 saturated heterocycles. The van der Waals surface area contributed by atoms with Gasteiger partial charge in [0.25, 0.3) is 0 Å². The van der Waals surface area contributed by atoms with Gasteiger partial charge in [-0.25, -0.2) is 4.39 Å². The number of halogens is 1. The van der Waals surface area contributed by atoms with Crippen molar-refractivity contribution in [2.45, 2.75) is 20.3 Å². The highest BCUT2D eigenvalue weighted by atomic mass is 19.1. The third-order valence-corrected chi connectivity index (χ3v) is 1.92. The third-order valence-electron chi connectivity index (χ3n) is 1.92. The molecule has 1 aromatic carbocycles. The fourth-order valence-electron chi connectivity index (χ4n) is 1.20. The number of carboxylic acid groups (broad SMARTS) is 1. The maximum absolute atomic E-state index is 13.4. The highest BCUT2D eigenvalue weighted by Gasteiger charge is 2.07. The first-order chi connectivity index (χ1) is 7.49. The Morgan fingerprint density at radius 3 is 2.69 bits per heavy atom. The lowest BCUT2D eigenvalue weighted by Crippen LogP contribution is -2.06. The Morgan fingerprint density at radius 2 is 2.19 bits per heavy atom. The molecule has 88 valence electrons. The summed E-state index contributed by atoms with van der Waals surface area (Å²) in [6.07, 6.45) is -0.179. The zero-order valence-electron chi connectivity index (χ0n) is 9.37. The predicted octanol–water partition coefficient (Wildman–Crippen LogP) is 2.49. The van der Waals surface area contributed by atoms with E-state index >= 15 is 0 Å². The van der Waals surface area contributed by atoms with Crippen molar-refractivity contribution < 1.29 is 19.0 Å². The number of rotatable bonds is 5. The lowest BCUT2D eigenvalue weighted by molar-refractivity contribution is -0.136. The van der Waals surface area contributed by atoms with Crippen LogP contribution in [0.4, 0.5) is 4.39 Å². The fourth-order valence-corrected chi connectivity index (χ4v) is 1.20. The zero-order chi connectivity index (χ0) is 12.1. The number of aliphatic carboxylic acids is 1. The van der Waals surface area contributed by atoms with Crippen molar-refractivity contribution in [3.8, 4) is 5.75 Å². The molecule has 0 amide bonds. The molecular formula is C12H15FO3. The average Bonchev–Trinajstić information content (AvgIpc) is 2.15. The lowest BCUT2D eigenvalue weighted by atomic mass is 10.1. The van der Waals surface area contributed by atoms with E-state index in [1.165, 1.54) is 12.1 Å². The Kier molecular flexibility index (Phi) is 4.28. The van der Waals surface area contributed by atoms with Gasteiger partial charge in [0.2, 0.25) is 0 Å². The van der Waals surface area contributed by atoms with Crippen LogP contribution < -0.4 is 4.74 Å². The summed E-state index contributed by atoms with van der Waals surface area (Å²) in [7, 11) is 0. The second-order valence-electron chi connectivity index (χ2n) is 4.04. The molecule has 1 aromatic rings. The number of carbonyl (C=O) groups is 1. The quantitative estimate of drug-likeness (QED) is 0.839. The van der Waals surface area contributed by atoms with Crippen LogP contribution in [-0.2, 0) is 11.2 Å². The number of hydrogen-bond acceptors (Lipinski definition) is 2. The van der Waals surface area contributed by atoms with Gasteiger partial charge in [-0.1, -0.05) is 19.9 Å². The molecule has 0 aliphatic heterocycles. The molecule has 0 aromatic heterocycles. The minimum Gasteiger partial charge on any atom is -0.490 e. The van der Waals surface area contributed by atoms with E-state index in [-0.39, 0.29) is 12.2 Å². The first kappa shape index (κ1) is 12.5. The van der Waals surface area contributed by atoms with Gasteiger partial charge in [0.1, 0.15) is 0 Å². The summed E-state index contributed by atoms with van der Waals surface area (Å²) < 4.78 is 18.7. The maximum Gasteiger partial charge on any atom is 0.307 e. The van der Waals surface area contributed by atoms with Crippen LogP contribution in [0.1, 0.15) is 19.4 Å². The molecule has 0 atom stereocenters. The van der Waals surface area contributed by atoms with Crippen LogP contribution in [-0.4, -0.2) is 17.7 Å². The van der Waals surface area contributed by atoms with Crippen molar-refractivity contribution in [3.05, 3.63) is 29.6 Å². The van der Waals surface area contributed by atoms with Gasteiger partial charge in [0.05, 0.1) is 13.0 Å². The maximum atomic E-state index is 13.4.